The zero-order valence-corrected chi connectivity index (χ0v) is 14.4. The second-order valence-electron chi connectivity index (χ2n) is 5.94. The van der Waals surface area contributed by atoms with Gasteiger partial charge in [0.15, 0.2) is 0 Å². The van der Waals surface area contributed by atoms with Gasteiger partial charge in [0.1, 0.15) is 18.2 Å². The number of hydrogen-bond donors (Lipinski definition) is 0. The second kappa shape index (κ2) is 7.82. The van der Waals surface area contributed by atoms with Crippen LogP contribution in [-0.2, 0) is 22.7 Å². The molecule has 2 aromatic carbocycles. The van der Waals surface area contributed by atoms with Crippen molar-refractivity contribution in [1.82, 2.24) is 9.80 Å². The van der Waals surface area contributed by atoms with Gasteiger partial charge in [0, 0.05) is 6.54 Å². The van der Waals surface area contributed by atoms with Crippen LogP contribution in [0.25, 0.3) is 0 Å². The van der Waals surface area contributed by atoms with E-state index in [2.05, 4.69) is 6.58 Å². The summed E-state index contributed by atoms with van der Waals surface area (Å²) < 4.78 is 18.5. The number of carbonyl (C=O) groups excluding carboxylic acids is 3. The van der Waals surface area contributed by atoms with Gasteiger partial charge >= 0.3 is 17.8 Å². The molecular formula is C20H17FN2O4. The lowest BCUT2D eigenvalue weighted by molar-refractivity contribution is -0.143. The van der Waals surface area contributed by atoms with Crippen LogP contribution in [-0.4, -0.2) is 34.2 Å². The van der Waals surface area contributed by atoms with E-state index in [9.17, 15) is 18.8 Å². The molecule has 0 spiro atoms. The molecule has 1 saturated heterocycles. The Morgan fingerprint density at radius 2 is 1.48 bits per heavy atom. The molecule has 0 bridgehead atoms. The summed E-state index contributed by atoms with van der Waals surface area (Å²) in [6.07, 6.45) is 1.39. The number of halogens is 1. The number of ether oxygens (including phenoxy) is 1. The molecule has 0 N–H and O–H groups in total. The van der Waals surface area contributed by atoms with Crippen LogP contribution in [0.1, 0.15) is 11.1 Å². The molecule has 7 heteroatoms. The van der Waals surface area contributed by atoms with Gasteiger partial charge in [-0.2, -0.15) is 0 Å². The van der Waals surface area contributed by atoms with E-state index in [4.69, 9.17) is 4.74 Å². The van der Waals surface area contributed by atoms with Crippen LogP contribution in [0, 0.1) is 5.82 Å². The van der Waals surface area contributed by atoms with Crippen molar-refractivity contribution >= 4 is 17.8 Å². The van der Waals surface area contributed by atoms with Gasteiger partial charge in [0.25, 0.3) is 0 Å². The van der Waals surface area contributed by atoms with Gasteiger partial charge in [-0.1, -0.05) is 30.3 Å². The molecule has 0 unspecified atom stereocenters. The van der Waals surface area contributed by atoms with E-state index in [1.165, 1.54) is 18.2 Å². The van der Waals surface area contributed by atoms with Gasteiger partial charge in [-0.15, -0.1) is 6.58 Å². The zero-order chi connectivity index (χ0) is 19.4. The number of rotatable bonds is 7. The Kier molecular flexibility index (Phi) is 5.30. The maximum Gasteiger partial charge on any atom is 0.334 e. The Morgan fingerprint density at radius 1 is 0.889 bits per heavy atom. The summed E-state index contributed by atoms with van der Waals surface area (Å²) in [5, 5.41) is 0. The van der Waals surface area contributed by atoms with E-state index < -0.39 is 17.8 Å². The van der Waals surface area contributed by atoms with Crippen molar-refractivity contribution in [2.24, 2.45) is 0 Å². The Hall–Kier alpha value is -3.48. The minimum Gasteiger partial charge on any atom is -0.489 e. The Morgan fingerprint density at radius 3 is 2.11 bits per heavy atom. The fraction of sp³-hybridized carbons (Fsp3) is 0.150. The normalized spacial score (nSPS) is 14.0. The molecule has 3 rings (SSSR count). The highest BCUT2D eigenvalue weighted by Crippen LogP contribution is 2.19. The van der Waals surface area contributed by atoms with E-state index in [1.807, 2.05) is 0 Å². The molecule has 0 aromatic heterocycles. The van der Waals surface area contributed by atoms with Crippen molar-refractivity contribution in [2.45, 2.75) is 13.2 Å². The second-order valence-corrected chi connectivity index (χ2v) is 5.94. The van der Waals surface area contributed by atoms with Crippen LogP contribution in [0.3, 0.4) is 0 Å². The number of nitrogens with zero attached hydrogens (tertiary/aromatic N) is 2. The van der Waals surface area contributed by atoms with Gasteiger partial charge in [-0.25, -0.2) is 9.18 Å². The summed E-state index contributed by atoms with van der Waals surface area (Å²) in [4.78, 5) is 37.7. The number of hydrogen-bond acceptors (Lipinski definition) is 4. The summed E-state index contributed by atoms with van der Waals surface area (Å²) in [5.74, 6) is -1.41. The fourth-order valence-electron chi connectivity index (χ4n) is 2.60. The fourth-order valence-corrected chi connectivity index (χ4v) is 2.60. The van der Waals surface area contributed by atoms with Crippen LogP contribution < -0.4 is 4.74 Å². The standard InChI is InChI=1S/C20H17FN2O4/c1-2-11-22-18(24)19(25)23(20(22)26)12-14-5-9-17(10-6-14)27-13-15-3-7-16(21)8-4-15/h2-10H,1,11-13H2. The van der Waals surface area contributed by atoms with Crippen LogP contribution in [0.2, 0.25) is 0 Å². The summed E-state index contributed by atoms with van der Waals surface area (Å²) in [6.45, 7) is 3.75. The van der Waals surface area contributed by atoms with Crippen LogP contribution in [0.5, 0.6) is 5.75 Å². The van der Waals surface area contributed by atoms with E-state index >= 15 is 0 Å². The van der Waals surface area contributed by atoms with Gasteiger partial charge < -0.3 is 4.74 Å². The first-order chi connectivity index (χ1) is 13.0. The average molecular weight is 368 g/mol. The maximum absolute atomic E-state index is 12.9. The molecule has 0 radical (unpaired) electrons. The Bertz CT molecular complexity index is 878. The van der Waals surface area contributed by atoms with E-state index in [0.29, 0.717) is 11.3 Å². The van der Waals surface area contributed by atoms with Gasteiger partial charge in [-0.3, -0.25) is 19.4 Å². The summed E-state index contributed by atoms with van der Waals surface area (Å²) in [7, 11) is 0. The lowest BCUT2D eigenvalue weighted by Gasteiger charge is -2.14. The summed E-state index contributed by atoms with van der Waals surface area (Å²) >= 11 is 0. The smallest absolute Gasteiger partial charge is 0.334 e. The molecule has 0 aliphatic carbocycles. The zero-order valence-electron chi connectivity index (χ0n) is 14.4. The first-order valence-electron chi connectivity index (χ1n) is 8.24. The highest BCUT2D eigenvalue weighted by molar-refractivity contribution is 6.44. The molecule has 0 atom stereocenters. The molecule has 4 amide bonds. The highest BCUT2D eigenvalue weighted by Gasteiger charge is 2.43. The molecule has 6 nitrogen and oxygen atoms in total. The monoisotopic (exact) mass is 368 g/mol. The van der Waals surface area contributed by atoms with Crippen molar-refractivity contribution < 1.29 is 23.5 Å². The molecule has 138 valence electrons. The Balaban J connectivity index is 1.61. The third-order valence-electron chi connectivity index (χ3n) is 4.03. The Labute approximate surface area is 155 Å². The molecule has 1 heterocycles. The average Bonchev–Trinajstić information content (AvgIpc) is 2.87. The third kappa shape index (κ3) is 4.03. The number of carbonyl (C=O) groups is 3. The number of imide groups is 2. The van der Waals surface area contributed by atoms with Crippen molar-refractivity contribution in [2.75, 3.05) is 6.54 Å². The summed E-state index contributed by atoms with van der Waals surface area (Å²) in [6, 6.07) is 12.2. The predicted molar refractivity (Wildman–Crippen MR) is 95.0 cm³/mol. The largest absolute Gasteiger partial charge is 0.489 e. The molecule has 2 aromatic rings. The molecule has 0 saturated carbocycles. The maximum atomic E-state index is 12.9. The van der Waals surface area contributed by atoms with Crippen molar-refractivity contribution in [3.8, 4) is 5.75 Å². The number of benzene rings is 2. The summed E-state index contributed by atoms with van der Waals surface area (Å²) in [5.41, 5.74) is 1.51. The van der Waals surface area contributed by atoms with E-state index in [0.717, 1.165) is 15.4 Å². The SMILES string of the molecule is C=CCN1C(=O)C(=O)N(Cc2ccc(OCc3ccc(F)cc3)cc2)C1=O. The van der Waals surface area contributed by atoms with Gasteiger partial charge in [0.2, 0.25) is 0 Å². The molecule has 1 fully saturated rings. The van der Waals surface area contributed by atoms with Crippen molar-refractivity contribution in [3.05, 3.63) is 78.1 Å². The number of amides is 4. The lowest BCUT2D eigenvalue weighted by atomic mass is 10.2. The van der Waals surface area contributed by atoms with Crippen LogP contribution in [0.4, 0.5) is 9.18 Å². The molecular weight excluding hydrogens is 351 g/mol. The van der Waals surface area contributed by atoms with E-state index in [1.54, 1.807) is 36.4 Å². The first-order valence-corrected chi connectivity index (χ1v) is 8.24. The van der Waals surface area contributed by atoms with E-state index in [-0.39, 0.29) is 25.5 Å². The molecule has 1 aliphatic heterocycles. The van der Waals surface area contributed by atoms with Crippen LogP contribution >= 0.6 is 0 Å². The predicted octanol–water partition coefficient (Wildman–Crippen LogP) is 2.88. The minimum atomic E-state index is -0.849. The first kappa shape index (κ1) is 18.3. The van der Waals surface area contributed by atoms with Crippen LogP contribution in [0.15, 0.2) is 61.2 Å². The molecule has 1 aliphatic rings. The topological polar surface area (TPSA) is 66.9 Å². The third-order valence-corrected chi connectivity index (χ3v) is 4.03. The van der Waals surface area contributed by atoms with Crippen molar-refractivity contribution in [3.63, 3.8) is 0 Å². The minimum absolute atomic E-state index is 0.00390. The van der Waals surface area contributed by atoms with Crippen molar-refractivity contribution in [1.29, 1.82) is 0 Å². The number of urea groups is 1. The highest BCUT2D eigenvalue weighted by atomic mass is 19.1. The van der Waals surface area contributed by atoms with Gasteiger partial charge in [-0.05, 0) is 35.4 Å². The lowest BCUT2D eigenvalue weighted by Crippen LogP contribution is -2.33. The quantitative estimate of drug-likeness (QED) is 0.428. The molecule has 27 heavy (non-hydrogen) atoms. The van der Waals surface area contributed by atoms with Gasteiger partial charge in [0.05, 0.1) is 6.54 Å².